The fourth-order valence-corrected chi connectivity index (χ4v) is 4.12. The average Bonchev–Trinajstić information content (AvgIpc) is 3.14. The number of benzene rings is 4. The maximum absolute atomic E-state index is 4.94. The second-order valence-electron chi connectivity index (χ2n) is 6.90. The number of hydrogen-bond acceptors (Lipinski definition) is 1. The van der Waals surface area contributed by atoms with Gasteiger partial charge in [-0.1, -0.05) is 72.8 Å². The molecule has 27 heavy (non-hydrogen) atoms. The van der Waals surface area contributed by atoms with Crippen molar-refractivity contribution in [2.45, 2.75) is 0 Å². The Morgan fingerprint density at radius 1 is 0.519 bits per heavy atom. The number of hydrogen-bond donors (Lipinski definition) is 0. The molecule has 0 saturated heterocycles. The Morgan fingerprint density at radius 2 is 1.26 bits per heavy atom. The van der Waals surface area contributed by atoms with Gasteiger partial charge in [0.2, 0.25) is 0 Å². The fraction of sp³-hybridized carbons (Fsp3) is 0. The molecular weight excluding hydrogens is 328 g/mol. The smallest absolute Gasteiger partial charge is 0.146 e. The maximum atomic E-state index is 4.94. The molecule has 2 nitrogen and oxygen atoms in total. The van der Waals surface area contributed by atoms with Crippen molar-refractivity contribution in [2.24, 2.45) is 0 Å². The Bertz CT molecular complexity index is 1460. The first-order chi connectivity index (χ1) is 13.4. The molecule has 0 saturated carbocycles. The summed E-state index contributed by atoms with van der Waals surface area (Å²) in [5, 5.41) is 3.68. The van der Waals surface area contributed by atoms with Gasteiger partial charge < -0.3 is 0 Å². The van der Waals surface area contributed by atoms with Crippen molar-refractivity contribution < 1.29 is 0 Å². The van der Waals surface area contributed by atoms with E-state index in [0.29, 0.717) is 0 Å². The van der Waals surface area contributed by atoms with Crippen molar-refractivity contribution in [1.82, 2.24) is 9.38 Å². The molecule has 0 aliphatic heterocycles. The Hall–Kier alpha value is -3.65. The molecule has 126 valence electrons. The van der Waals surface area contributed by atoms with Crippen molar-refractivity contribution in [2.75, 3.05) is 0 Å². The molecule has 0 aliphatic carbocycles. The third kappa shape index (κ3) is 2.04. The van der Waals surface area contributed by atoms with Crippen molar-refractivity contribution in [3.63, 3.8) is 0 Å². The van der Waals surface area contributed by atoms with Gasteiger partial charge in [0.1, 0.15) is 5.65 Å². The molecule has 4 aromatic carbocycles. The molecule has 6 rings (SSSR count). The summed E-state index contributed by atoms with van der Waals surface area (Å²) in [5.74, 6) is 0. The lowest BCUT2D eigenvalue weighted by molar-refractivity contribution is 1.31. The first-order valence-corrected chi connectivity index (χ1v) is 9.17. The molecular formula is C25H16N2. The van der Waals surface area contributed by atoms with Crippen LogP contribution in [0.1, 0.15) is 0 Å². The topological polar surface area (TPSA) is 17.3 Å². The third-order valence-corrected chi connectivity index (χ3v) is 5.36. The summed E-state index contributed by atoms with van der Waals surface area (Å²) in [5.41, 5.74) is 6.86. The van der Waals surface area contributed by atoms with Gasteiger partial charge in [0, 0.05) is 10.8 Å². The monoisotopic (exact) mass is 344 g/mol. The number of aromatic nitrogens is 2. The number of fused-ring (bicyclic) bond motifs is 8. The molecule has 2 heteroatoms. The predicted octanol–water partition coefficient (Wildman–Crippen LogP) is 6.46. The van der Waals surface area contributed by atoms with E-state index in [0.717, 1.165) is 16.7 Å². The summed E-state index contributed by atoms with van der Waals surface area (Å²) in [6.07, 6.45) is 0. The second-order valence-corrected chi connectivity index (χ2v) is 6.90. The van der Waals surface area contributed by atoms with Crippen LogP contribution in [0.5, 0.6) is 0 Å². The zero-order valence-corrected chi connectivity index (χ0v) is 14.6. The highest BCUT2D eigenvalue weighted by Crippen LogP contribution is 2.34. The van der Waals surface area contributed by atoms with E-state index in [1.165, 1.54) is 32.8 Å². The quantitative estimate of drug-likeness (QED) is 0.313. The van der Waals surface area contributed by atoms with Crippen molar-refractivity contribution in [3.8, 4) is 11.1 Å². The number of imidazole rings is 1. The van der Waals surface area contributed by atoms with E-state index in [-0.39, 0.29) is 0 Å². The molecule has 0 bridgehead atoms. The minimum absolute atomic E-state index is 1.02. The normalized spacial score (nSPS) is 11.7. The predicted molar refractivity (Wildman–Crippen MR) is 113 cm³/mol. The van der Waals surface area contributed by atoms with Crippen LogP contribution >= 0.6 is 0 Å². The lowest BCUT2D eigenvalue weighted by Crippen LogP contribution is -1.92. The molecule has 0 atom stereocenters. The van der Waals surface area contributed by atoms with Gasteiger partial charge in [-0.25, -0.2) is 4.98 Å². The van der Waals surface area contributed by atoms with Gasteiger partial charge in [-0.2, -0.15) is 0 Å². The largest absolute Gasteiger partial charge is 0.292 e. The fourth-order valence-electron chi connectivity index (χ4n) is 4.12. The zero-order chi connectivity index (χ0) is 17.8. The van der Waals surface area contributed by atoms with E-state index in [2.05, 4.69) is 95.4 Å². The molecule has 2 aromatic heterocycles. The van der Waals surface area contributed by atoms with Crippen LogP contribution in [0.25, 0.3) is 49.5 Å². The van der Waals surface area contributed by atoms with Crippen LogP contribution in [0.15, 0.2) is 97.1 Å². The third-order valence-electron chi connectivity index (χ3n) is 5.36. The SMILES string of the molecule is c1ccc(-c2ccc3c(c2)c2ccccc2c2nc4ccccc4n32)cc1. The minimum atomic E-state index is 1.02. The Labute approximate surface area is 156 Å². The average molecular weight is 344 g/mol. The highest BCUT2D eigenvalue weighted by Gasteiger charge is 2.13. The van der Waals surface area contributed by atoms with Crippen molar-refractivity contribution >= 4 is 38.4 Å². The number of rotatable bonds is 1. The molecule has 0 amide bonds. The molecule has 0 unspecified atom stereocenters. The van der Waals surface area contributed by atoms with Gasteiger partial charge in [0.15, 0.2) is 0 Å². The van der Waals surface area contributed by atoms with E-state index in [1.54, 1.807) is 0 Å². The van der Waals surface area contributed by atoms with Crippen molar-refractivity contribution in [1.29, 1.82) is 0 Å². The Morgan fingerprint density at radius 3 is 2.15 bits per heavy atom. The van der Waals surface area contributed by atoms with Gasteiger partial charge in [0.25, 0.3) is 0 Å². The second kappa shape index (κ2) is 5.42. The molecule has 0 N–H and O–H groups in total. The molecule has 0 aliphatic rings. The Balaban J connectivity index is 1.85. The van der Waals surface area contributed by atoms with Crippen LogP contribution in [0.2, 0.25) is 0 Å². The number of nitrogens with zero attached hydrogens (tertiary/aromatic N) is 2. The van der Waals surface area contributed by atoms with Gasteiger partial charge in [0.05, 0.1) is 16.6 Å². The van der Waals surface area contributed by atoms with Crippen LogP contribution in [0, 0.1) is 0 Å². The molecule has 0 radical (unpaired) electrons. The van der Waals surface area contributed by atoms with Gasteiger partial charge in [-0.3, -0.25) is 4.40 Å². The van der Waals surface area contributed by atoms with Gasteiger partial charge in [-0.05, 0) is 40.8 Å². The zero-order valence-electron chi connectivity index (χ0n) is 14.6. The van der Waals surface area contributed by atoms with Crippen LogP contribution in [0.4, 0.5) is 0 Å². The van der Waals surface area contributed by atoms with Crippen LogP contribution in [-0.2, 0) is 0 Å². The summed E-state index contributed by atoms with van der Waals surface area (Å²) in [6.45, 7) is 0. The van der Waals surface area contributed by atoms with Crippen LogP contribution < -0.4 is 0 Å². The number of para-hydroxylation sites is 2. The summed E-state index contributed by atoms with van der Waals surface area (Å²) < 4.78 is 2.29. The van der Waals surface area contributed by atoms with E-state index in [4.69, 9.17) is 4.98 Å². The molecule has 0 spiro atoms. The van der Waals surface area contributed by atoms with Gasteiger partial charge in [-0.15, -0.1) is 0 Å². The first kappa shape index (κ1) is 14.5. The van der Waals surface area contributed by atoms with Crippen LogP contribution in [-0.4, -0.2) is 9.38 Å². The first-order valence-electron chi connectivity index (χ1n) is 9.17. The van der Waals surface area contributed by atoms with E-state index in [1.807, 2.05) is 6.07 Å². The Kier molecular flexibility index (Phi) is 2.91. The molecule has 2 heterocycles. The lowest BCUT2D eigenvalue weighted by Gasteiger charge is -2.11. The van der Waals surface area contributed by atoms with E-state index >= 15 is 0 Å². The number of pyridine rings is 1. The van der Waals surface area contributed by atoms with Crippen molar-refractivity contribution in [3.05, 3.63) is 97.1 Å². The van der Waals surface area contributed by atoms with E-state index in [9.17, 15) is 0 Å². The standard InChI is InChI=1S/C25H16N2/c1-2-8-17(9-3-1)18-14-15-23-21(16-18)19-10-4-5-11-20(19)25-26-22-12-6-7-13-24(22)27(23)25/h1-16H. The highest BCUT2D eigenvalue weighted by molar-refractivity contribution is 6.14. The summed E-state index contributed by atoms with van der Waals surface area (Å²) >= 11 is 0. The molecule has 6 aromatic rings. The van der Waals surface area contributed by atoms with Gasteiger partial charge >= 0.3 is 0 Å². The van der Waals surface area contributed by atoms with Crippen LogP contribution in [0.3, 0.4) is 0 Å². The summed E-state index contributed by atoms with van der Waals surface area (Å²) in [7, 11) is 0. The maximum Gasteiger partial charge on any atom is 0.146 e. The van der Waals surface area contributed by atoms with E-state index < -0.39 is 0 Å². The lowest BCUT2D eigenvalue weighted by atomic mass is 10.00. The minimum Gasteiger partial charge on any atom is -0.292 e. The summed E-state index contributed by atoms with van der Waals surface area (Å²) in [4.78, 5) is 4.94. The molecule has 0 fully saturated rings. The highest BCUT2D eigenvalue weighted by atomic mass is 15.0. The summed E-state index contributed by atoms with van der Waals surface area (Å²) in [6, 6.07) is 34.2.